The van der Waals surface area contributed by atoms with Crippen LogP contribution in [0.4, 0.5) is 0 Å². The highest BCUT2D eigenvalue weighted by molar-refractivity contribution is 6.00. The zero-order valence-corrected chi connectivity index (χ0v) is 16.2. The van der Waals surface area contributed by atoms with Gasteiger partial charge in [0.15, 0.2) is 0 Å². The minimum Gasteiger partial charge on any atom is -0.338 e. The molecule has 0 unspecified atom stereocenters. The summed E-state index contributed by atoms with van der Waals surface area (Å²) in [4.78, 5) is 30.9. The van der Waals surface area contributed by atoms with Crippen molar-refractivity contribution >= 4 is 5.91 Å². The smallest absolute Gasteiger partial charge is 0.254 e. The number of likely N-dealkylation sites (tertiary alicyclic amines) is 1. The molecule has 29 heavy (non-hydrogen) atoms. The third kappa shape index (κ3) is 4.09. The van der Waals surface area contributed by atoms with E-state index in [0.29, 0.717) is 37.9 Å². The minimum atomic E-state index is -0.636. The molecule has 0 atom stereocenters. The summed E-state index contributed by atoms with van der Waals surface area (Å²) >= 11 is 0. The largest absolute Gasteiger partial charge is 0.338 e. The molecule has 0 aliphatic carbocycles. The number of pyridine rings is 1. The van der Waals surface area contributed by atoms with Crippen LogP contribution in [0, 0.1) is 4.91 Å². The average Bonchev–Trinajstić information content (AvgIpc) is 2.80. The highest BCUT2D eigenvalue weighted by Crippen LogP contribution is 2.32. The van der Waals surface area contributed by atoms with Crippen LogP contribution < -0.4 is 0 Å². The molecular weight excluding hydrogens is 362 g/mol. The van der Waals surface area contributed by atoms with Crippen molar-refractivity contribution in [3.63, 3.8) is 0 Å². The maximum absolute atomic E-state index is 13.3. The van der Waals surface area contributed by atoms with E-state index in [2.05, 4.69) is 10.2 Å². The van der Waals surface area contributed by atoms with Gasteiger partial charge in [0.2, 0.25) is 0 Å². The second kappa shape index (κ2) is 8.35. The van der Waals surface area contributed by atoms with Crippen LogP contribution in [-0.4, -0.2) is 34.4 Å². The van der Waals surface area contributed by atoms with Crippen molar-refractivity contribution in [3.05, 3.63) is 95.2 Å². The highest BCUT2D eigenvalue weighted by atomic mass is 16.3. The van der Waals surface area contributed by atoms with Crippen molar-refractivity contribution in [2.24, 2.45) is 5.18 Å². The van der Waals surface area contributed by atoms with Gasteiger partial charge < -0.3 is 4.90 Å². The Hall–Kier alpha value is -3.34. The number of benzene rings is 2. The van der Waals surface area contributed by atoms with E-state index in [-0.39, 0.29) is 5.91 Å². The Bertz CT molecular complexity index is 981. The van der Waals surface area contributed by atoms with Gasteiger partial charge in [-0.2, -0.15) is 4.91 Å². The van der Waals surface area contributed by atoms with Gasteiger partial charge in [0, 0.05) is 37.5 Å². The lowest BCUT2D eigenvalue weighted by Crippen LogP contribution is -2.46. The Balaban J connectivity index is 1.51. The number of nitrogens with zero attached hydrogens (tertiary/aromatic N) is 3. The highest BCUT2D eigenvalue weighted by Gasteiger charge is 2.38. The lowest BCUT2D eigenvalue weighted by atomic mass is 9.82. The molecule has 1 amide bonds. The van der Waals surface area contributed by atoms with E-state index < -0.39 is 5.54 Å². The normalized spacial score (nSPS) is 15.7. The molecule has 2 aromatic carbocycles. The molecule has 146 valence electrons. The Morgan fingerprint density at radius 1 is 0.931 bits per heavy atom. The number of piperidine rings is 1. The summed E-state index contributed by atoms with van der Waals surface area (Å²) in [7, 11) is 0. The van der Waals surface area contributed by atoms with Crippen LogP contribution in [0.2, 0.25) is 0 Å². The predicted octanol–water partition coefficient (Wildman–Crippen LogP) is 4.73. The van der Waals surface area contributed by atoms with Crippen molar-refractivity contribution in [1.82, 2.24) is 9.88 Å². The molecule has 0 spiro atoms. The molecule has 0 saturated carbocycles. The Kier molecular flexibility index (Phi) is 5.47. The second-order valence-corrected chi connectivity index (χ2v) is 7.55. The Morgan fingerprint density at radius 3 is 2.28 bits per heavy atom. The van der Waals surface area contributed by atoms with Crippen LogP contribution in [-0.2, 0) is 6.42 Å². The number of hydrogen-bond acceptors (Lipinski definition) is 4. The maximum Gasteiger partial charge on any atom is 0.254 e. The van der Waals surface area contributed by atoms with E-state index in [9.17, 15) is 9.70 Å². The molecule has 1 aliphatic heterocycles. The summed E-state index contributed by atoms with van der Waals surface area (Å²) in [6, 6.07) is 21.4. The van der Waals surface area contributed by atoms with Gasteiger partial charge in [-0.05, 0) is 47.7 Å². The van der Waals surface area contributed by atoms with Crippen molar-refractivity contribution in [3.8, 4) is 11.1 Å². The van der Waals surface area contributed by atoms with Gasteiger partial charge >= 0.3 is 0 Å². The third-order valence-electron chi connectivity index (χ3n) is 5.70. The van der Waals surface area contributed by atoms with Crippen molar-refractivity contribution in [1.29, 1.82) is 0 Å². The zero-order chi connectivity index (χ0) is 20.1. The van der Waals surface area contributed by atoms with E-state index in [1.165, 1.54) is 0 Å². The first-order valence-corrected chi connectivity index (χ1v) is 9.88. The third-order valence-corrected chi connectivity index (χ3v) is 5.70. The second-order valence-electron chi connectivity index (χ2n) is 7.55. The predicted molar refractivity (Wildman–Crippen MR) is 113 cm³/mol. The summed E-state index contributed by atoms with van der Waals surface area (Å²) in [6.45, 7) is 1.06. The average molecular weight is 385 g/mol. The van der Waals surface area contributed by atoms with E-state index >= 15 is 0 Å². The number of carbonyl (C=O) groups excluding carboxylic acids is 1. The van der Waals surface area contributed by atoms with Gasteiger partial charge in [-0.1, -0.05) is 53.7 Å². The molecule has 1 fully saturated rings. The van der Waals surface area contributed by atoms with Gasteiger partial charge in [-0.25, -0.2) is 0 Å². The molecule has 1 aliphatic rings. The number of aromatic nitrogens is 1. The van der Waals surface area contributed by atoms with Crippen molar-refractivity contribution in [2.45, 2.75) is 24.8 Å². The lowest BCUT2D eigenvalue weighted by molar-refractivity contribution is 0.0672. The van der Waals surface area contributed by atoms with Gasteiger partial charge in [0.1, 0.15) is 5.54 Å². The monoisotopic (exact) mass is 385 g/mol. The Morgan fingerprint density at radius 2 is 1.59 bits per heavy atom. The molecule has 0 N–H and O–H groups in total. The van der Waals surface area contributed by atoms with Gasteiger partial charge in [0.05, 0.1) is 0 Å². The lowest BCUT2D eigenvalue weighted by Gasteiger charge is -2.37. The fraction of sp³-hybridized carbons (Fsp3) is 0.250. The summed E-state index contributed by atoms with van der Waals surface area (Å²) in [5, 5.41) is 3.51. The van der Waals surface area contributed by atoms with E-state index in [1.807, 2.05) is 71.6 Å². The van der Waals surface area contributed by atoms with E-state index in [4.69, 9.17) is 0 Å². The minimum absolute atomic E-state index is 0.00313. The number of hydrogen-bond donors (Lipinski definition) is 0. The van der Waals surface area contributed by atoms with Crippen LogP contribution in [0.3, 0.4) is 0 Å². The van der Waals surface area contributed by atoms with Crippen molar-refractivity contribution in [2.75, 3.05) is 13.1 Å². The number of nitroso groups, excluding NO2 is 1. The molecule has 5 nitrogen and oxygen atoms in total. The molecule has 1 aromatic heterocycles. The van der Waals surface area contributed by atoms with E-state index in [0.717, 1.165) is 16.7 Å². The Labute approximate surface area is 170 Å². The molecule has 4 rings (SSSR count). The summed E-state index contributed by atoms with van der Waals surface area (Å²) in [5.74, 6) is -0.00313. The van der Waals surface area contributed by atoms with Gasteiger partial charge in [0.25, 0.3) is 5.91 Å². The summed E-state index contributed by atoms with van der Waals surface area (Å²) in [5.41, 5.74) is 3.01. The SMILES string of the molecule is O=NC1(Cc2ccccc2)CCN(C(=O)c2ccccc2-c2ccncc2)CC1. The van der Waals surface area contributed by atoms with Crippen LogP contribution >= 0.6 is 0 Å². The van der Waals surface area contributed by atoms with Crippen LogP contribution in [0.25, 0.3) is 11.1 Å². The fourth-order valence-electron chi connectivity index (χ4n) is 4.03. The van der Waals surface area contributed by atoms with Crippen LogP contribution in [0.1, 0.15) is 28.8 Å². The standard InChI is InChI=1S/C24H23N3O2/c28-23(22-9-5-4-8-21(22)20-10-14-25-15-11-20)27-16-12-24(26-29,13-17-27)18-19-6-2-1-3-7-19/h1-11,14-15H,12-13,16-18H2. The van der Waals surface area contributed by atoms with Gasteiger partial charge in [-0.3, -0.25) is 9.78 Å². The van der Waals surface area contributed by atoms with E-state index in [1.54, 1.807) is 12.4 Å². The molecule has 0 bridgehead atoms. The molecular formula is C24H23N3O2. The first-order chi connectivity index (χ1) is 14.2. The number of rotatable bonds is 5. The molecule has 3 aromatic rings. The molecule has 5 heteroatoms. The van der Waals surface area contributed by atoms with Crippen LogP contribution in [0.5, 0.6) is 0 Å². The molecule has 1 saturated heterocycles. The summed E-state index contributed by atoms with van der Waals surface area (Å²) < 4.78 is 0. The first kappa shape index (κ1) is 19.0. The van der Waals surface area contributed by atoms with Crippen LogP contribution in [0.15, 0.2) is 84.3 Å². The maximum atomic E-state index is 13.3. The number of amides is 1. The first-order valence-electron chi connectivity index (χ1n) is 9.88. The quantitative estimate of drug-likeness (QED) is 0.596. The topological polar surface area (TPSA) is 62.6 Å². The zero-order valence-electron chi connectivity index (χ0n) is 16.2. The fourth-order valence-corrected chi connectivity index (χ4v) is 4.03. The molecule has 0 radical (unpaired) electrons. The molecule has 2 heterocycles. The van der Waals surface area contributed by atoms with Gasteiger partial charge in [-0.15, -0.1) is 0 Å². The summed E-state index contributed by atoms with van der Waals surface area (Å²) in [6.07, 6.45) is 5.23. The van der Waals surface area contributed by atoms with Crippen molar-refractivity contribution < 1.29 is 4.79 Å². The number of carbonyl (C=O) groups is 1.